The minimum absolute atomic E-state index is 0.0372. The molecule has 82 valence electrons. The van der Waals surface area contributed by atoms with Crippen molar-refractivity contribution in [3.63, 3.8) is 0 Å². The Balaban J connectivity index is 2.08. The summed E-state index contributed by atoms with van der Waals surface area (Å²) in [5, 5.41) is 3.98. The van der Waals surface area contributed by atoms with E-state index < -0.39 is 0 Å². The number of aromatic nitrogens is 2. The minimum atomic E-state index is 0.0372. The lowest BCUT2D eigenvalue weighted by molar-refractivity contribution is 0.0612. The van der Waals surface area contributed by atoms with Crippen molar-refractivity contribution in [2.24, 2.45) is 5.73 Å². The second-order valence-corrected chi connectivity index (χ2v) is 4.52. The Morgan fingerprint density at radius 1 is 1.67 bits per heavy atom. The summed E-state index contributed by atoms with van der Waals surface area (Å²) in [4.78, 5) is 14.4. The Morgan fingerprint density at radius 2 is 2.40 bits per heavy atom. The van der Waals surface area contributed by atoms with Crippen LogP contribution >= 0.6 is 11.5 Å². The highest BCUT2D eigenvalue weighted by Gasteiger charge is 2.30. The second kappa shape index (κ2) is 4.24. The van der Waals surface area contributed by atoms with Gasteiger partial charge in [-0.1, -0.05) is 17.8 Å². The van der Waals surface area contributed by atoms with E-state index in [4.69, 9.17) is 5.73 Å². The molecule has 0 unspecified atom stereocenters. The first-order valence-corrected chi connectivity index (χ1v) is 5.85. The summed E-state index contributed by atoms with van der Waals surface area (Å²) in [5.74, 6) is 0.0372. The topological polar surface area (TPSA) is 72.1 Å². The van der Waals surface area contributed by atoms with Crippen LogP contribution in [0, 0.1) is 0 Å². The van der Waals surface area contributed by atoms with Crippen LogP contribution in [0.15, 0.2) is 0 Å². The molecule has 0 aliphatic carbocycles. The van der Waals surface area contributed by atoms with Crippen LogP contribution in [0.2, 0.25) is 0 Å². The predicted octanol–water partition coefficient (Wildman–Crippen LogP) is 0.274. The quantitative estimate of drug-likeness (QED) is 0.803. The molecule has 0 spiro atoms. The molecule has 1 aromatic rings. The molecule has 0 aromatic carbocycles. The molecule has 1 saturated heterocycles. The SMILES string of the molecule is CCCc1nnsc1C(=O)N1CC(N)C1. The Bertz CT molecular complexity index is 359. The molecule has 0 saturated carbocycles. The summed E-state index contributed by atoms with van der Waals surface area (Å²) in [6, 6.07) is 0.143. The first-order valence-electron chi connectivity index (χ1n) is 5.08. The van der Waals surface area contributed by atoms with E-state index in [9.17, 15) is 4.79 Å². The van der Waals surface area contributed by atoms with Crippen LogP contribution in [0.25, 0.3) is 0 Å². The fourth-order valence-corrected chi connectivity index (χ4v) is 2.27. The van der Waals surface area contributed by atoms with Crippen LogP contribution in [-0.4, -0.2) is 39.5 Å². The van der Waals surface area contributed by atoms with Crippen molar-refractivity contribution >= 4 is 17.4 Å². The number of aryl methyl sites for hydroxylation is 1. The summed E-state index contributed by atoms with van der Waals surface area (Å²) < 4.78 is 3.83. The number of carbonyl (C=O) groups is 1. The largest absolute Gasteiger partial charge is 0.335 e. The second-order valence-electron chi connectivity index (χ2n) is 3.77. The fraction of sp³-hybridized carbons (Fsp3) is 0.667. The van der Waals surface area contributed by atoms with E-state index in [1.54, 1.807) is 4.90 Å². The summed E-state index contributed by atoms with van der Waals surface area (Å²) >= 11 is 1.18. The van der Waals surface area contributed by atoms with Gasteiger partial charge in [-0.3, -0.25) is 4.79 Å². The standard InChI is InChI=1S/C9H14N4OS/c1-2-3-7-8(15-12-11-7)9(14)13-4-6(10)5-13/h6H,2-5,10H2,1H3. The molecule has 2 rings (SSSR count). The van der Waals surface area contributed by atoms with Crippen LogP contribution in [0.3, 0.4) is 0 Å². The van der Waals surface area contributed by atoms with E-state index >= 15 is 0 Å². The molecular weight excluding hydrogens is 212 g/mol. The third kappa shape index (κ3) is 2.00. The maximum Gasteiger partial charge on any atom is 0.267 e. The first-order chi connectivity index (χ1) is 7.22. The molecule has 1 aliphatic heterocycles. The molecule has 0 bridgehead atoms. The smallest absolute Gasteiger partial charge is 0.267 e. The molecule has 1 amide bonds. The lowest BCUT2D eigenvalue weighted by Crippen LogP contribution is -2.57. The molecule has 2 N–H and O–H groups in total. The molecule has 0 radical (unpaired) electrons. The highest BCUT2D eigenvalue weighted by molar-refractivity contribution is 7.08. The van der Waals surface area contributed by atoms with E-state index in [-0.39, 0.29) is 11.9 Å². The van der Waals surface area contributed by atoms with Gasteiger partial charge in [0.2, 0.25) is 0 Å². The predicted molar refractivity (Wildman–Crippen MR) is 57.8 cm³/mol. The lowest BCUT2D eigenvalue weighted by atomic mass is 10.1. The van der Waals surface area contributed by atoms with Crippen LogP contribution < -0.4 is 5.73 Å². The maximum atomic E-state index is 11.9. The van der Waals surface area contributed by atoms with Crippen molar-refractivity contribution in [1.82, 2.24) is 14.5 Å². The number of amides is 1. The average Bonchev–Trinajstić information content (AvgIpc) is 2.61. The van der Waals surface area contributed by atoms with Crippen LogP contribution in [-0.2, 0) is 6.42 Å². The van der Waals surface area contributed by atoms with Crippen LogP contribution in [0.1, 0.15) is 28.7 Å². The Labute approximate surface area is 92.4 Å². The molecule has 15 heavy (non-hydrogen) atoms. The molecule has 0 atom stereocenters. The highest BCUT2D eigenvalue weighted by atomic mass is 32.1. The van der Waals surface area contributed by atoms with Gasteiger partial charge in [0, 0.05) is 19.1 Å². The third-order valence-electron chi connectivity index (χ3n) is 2.43. The molecule has 2 heterocycles. The zero-order valence-corrected chi connectivity index (χ0v) is 9.46. The van der Waals surface area contributed by atoms with Gasteiger partial charge >= 0.3 is 0 Å². The van der Waals surface area contributed by atoms with Gasteiger partial charge in [-0.05, 0) is 18.0 Å². The van der Waals surface area contributed by atoms with Gasteiger partial charge in [0.05, 0.1) is 5.69 Å². The lowest BCUT2D eigenvalue weighted by Gasteiger charge is -2.36. The van der Waals surface area contributed by atoms with Crippen molar-refractivity contribution in [3.05, 3.63) is 10.6 Å². The van der Waals surface area contributed by atoms with E-state index in [0.717, 1.165) is 18.5 Å². The average molecular weight is 226 g/mol. The fourth-order valence-electron chi connectivity index (χ4n) is 1.59. The Hall–Kier alpha value is -1.01. The van der Waals surface area contributed by atoms with Crippen molar-refractivity contribution in [2.75, 3.05) is 13.1 Å². The number of rotatable bonds is 3. The minimum Gasteiger partial charge on any atom is -0.335 e. The van der Waals surface area contributed by atoms with Crippen LogP contribution in [0.5, 0.6) is 0 Å². The number of nitrogens with zero attached hydrogens (tertiary/aromatic N) is 3. The van der Waals surface area contributed by atoms with E-state index in [1.165, 1.54) is 11.5 Å². The van der Waals surface area contributed by atoms with Gasteiger partial charge in [0.25, 0.3) is 5.91 Å². The summed E-state index contributed by atoms with van der Waals surface area (Å²) in [7, 11) is 0. The molecular formula is C9H14N4OS. The number of nitrogens with two attached hydrogens (primary N) is 1. The monoisotopic (exact) mass is 226 g/mol. The molecule has 1 aliphatic rings. The molecule has 6 heteroatoms. The van der Waals surface area contributed by atoms with E-state index in [0.29, 0.717) is 18.0 Å². The van der Waals surface area contributed by atoms with Crippen molar-refractivity contribution in [3.8, 4) is 0 Å². The Morgan fingerprint density at radius 3 is 3.00 bits per heavy atom. The van der Waals surface area contributed by atoms with Gasteiger partial charge < -0.3 is 10.6 Å². The number of hydrogen-bond donors (Lipinski definition) is 1. The zero-order valence-electron chi connectivity index (χ0n) is 8.64. The van der Waals surface area contributed by atoms with E-state index in [2.05, 4.69) is 16.5 Å². The van der Waals surface area contributed by atoms with Gasteiger partial charge in [-0.2, -0.15) is 0 Å². The summed E-state index contributed by atoms with van der Waals surface area (Å²) in [6.07, 6.45) is 1.79. The summed E-state index contributed by atoms with van der Waals surface area (Å²) in [6.45, 7) is 3.37. The van der Waals surface area contributed by atoms with E-state index in [1.807, 2.05) is 0 Å². The van der Waals surface area contributed by atoms with Gasteiger partial charge in [0.1, 0.15) is 4.88 Å². The first kappa shape index (κ1) is 10.5. The van der Waals surface area contributed by atoms with Crippen molar-refractivity contribution in [1.29, 1.82) is 0 Å². The molecule has 1 aromatic heterocycles. The van der Waals surface area contributed by atoms with Crippen molar-refractivity contribution in [2.45, 2.75) is 25.8 Å². The number of hydrogen-bond acceptors (Lipinski definition) is 5. The normalized spacial score (nSPS) is 16.5. The molecule has 5 nitrogen and oxygen atoms in total. The molecule has 1 fully saturated rings. The Kier molecular flexibility index (Phi) is 2.97. The number of carbonyl (C=O) groups excluding carboxylic acids is 1. The van der Waals surface area contributed by atoms with Crippen molar-refractivity contribution < 1.29 is 4.79 Å². The zero-order chi connectivity index (χ0) is 10.8. The van der Waals surface area contributed by atoms with Crippen LogP contribution in [0.4, 0.5) is 0 Å². The van der Waals surface area contributed by atoms with Gasteiger partial charge in [0.15, 0.2) is 0 Å². The van der Waals surface area contributed by atoms with Gasteiger partial charge in [-0.25, -0.2) is 0 Å². The number of likely N-dealkylation sites (tertiary alicyclic amines) is 1. The maximum absolute atomic E-state index is 11.9. The van der Waals surface area contributed by atoms with Gasteiger partial charge in [-0.15, -0.1) is 5.10 Å². The summed E-state index contributed by atoms with van der Waals surface area (Å²) in [5.41, 5.74) is 6.46. The third-order valence-corrected chi connectivity index (χ3v) is 3.19. The highest BCUT2D eigenvalue weighted by Crippen LogP contribution is 2.18.